The highest BCUT2D eigenvalue weighted by Crippen LogP contribution is 2.13. The molecule has 0 aromatic carbocycles. The molecule has 168 valence electrons. The minimum Gasteiger partial charge on any atom is -0.450 e. The fourth-order valence-corrected chi connectivity index (χ4v) is 3.22. The number of hydrogen-bond donors (Lipinski definition) is 1. The lowest BCUT2D eigenvalue weighted by atomic mass is 10.0. The molecule has 0 amide bonds. The van der Waals surface area contributed by atoms with Crippen LogP contribution in [0.3, 0.4) is 0 Å². The second-order valence-corrected chi connectivity index (χ2v) is 7.77. The molecule has 5 nitrogen and oxygen atoms in total. The summed E-state index contributed by atoms with van der Waals surface area (Å²) in [6.45, 7) is 3.96. The van der Waals surface area contributed by atoms with Gasteiger partial charge in [0.15, 0.2) is 0 Å². The Morgan fingerprint density at radius 3 is 1.21 bits per heavy atom. The molecule has 0 spiro atoms. The van der Waals surface area contributed by atoms with Crippen molar-refractivity contribution in [2.24, 2.45) is 0 Å². The van der Waals surface area contributed by atoms with E-state index in [9.17, 15) is 4.79 Å². The van der Waals surface area contributed by atoms with E-state index < -0.39 is 6.16 Å². The Morgan fingerprint density at radius 1 is 0.536 bits per heavy atom. The van der Waals surface area contributed by atoms with Gasteiger partial charge in [-0.2, -0.15) is 0 Å². The van der Waals surface area contributed by atoms with Crippen LogP contribution in [-0.2, 0) is 14.5 Å². The van der Waals surface area contributed by atoms with Crippen molar-refractivity contribution in [2.75, 3.05) is 19.8 Å². The molecule has 0 aliphatic heterocycles. The first-order valence-corrected chi connectivity index (χ1v) is 11.9. The van der Waals surface area contributed by atoms with Gasteiger partial charge in [0.25, 0.3) is 0 Å². The van der Waals surface area contributed by atoms with E-state index in [4.69, 9.17) is 14.9 Å². The Morgan fingerprint density at radius 2 is 0.857 bits per heavy atom. The van der Waals surface area contributed by atoms with Crippen molar-refractivity contribution in [3.05, 3.63) is 0 Å². The maximum absolute atomic E-state index is 10.2. The van der Waals surface area contributed by atoms with Gasteiger partial charge in [0.2, 0.25) is 0 Å². The van der Waals surface area contributed by atoms with E-state index in [-0.39, 0.29) is 0 Å². The largest absolute Gasteiger partial charge is 0.505 e. The van der Waals surface area contributed by atoms with Crippen LogP contribution in [0.15, 0.2) is 0 Å². The third kappa shape index (κ3) is 25.2. The van der Waals surface area contributed by atoms with Gasteiger partial charge in [-0.05, 0) is 19.3 Å². The van der Waals surface area contributed by atoms with Crippen LogP contribution in [0.4, 0.5) is 4.79 Å². The molecule has 0 rings (SSSR count). The number of unbranched alkanes of at least 4 members (excludes halogenated alkanes) is 16. The fourth-order valence-electron chi connectivity index (χ4n) is 3.22. The lowest BCUT2D eigenvalue weighted by molar-refractivity contribution is -0.295. The molecular weight excluding hydrogens is 356 g/mol. The minimum atomic E-state index is -1.16. The van der Waals surface area contributed by atoms with E-state index in [2.05, 4.69) is 11.7 Å². The van der Waals surface area contributed by atoms with Crippen molar-refractivity contribution in [2.45, 2.75) is 122 Å². The molecule has 0 aliphatic carbocycles. The Balaban J connectivity index is 2.99. The SMILES string of the molecule is CCCCOOCCCCCCCCCCCCCCCCCCOC(=O)O. The van der Waals surface area contributed by atoms with Gasteiger partial charge in [-0.1, -0.05) is 103 Å². The number of carbonyl (C=O) groups is 1. The molecule has 0 unspecified atom stereocenters. The molecular formula is C23H46O5. The normalized spacial score (nSPS) is 11.0. The predicted molar refractivity (Wildman–Crippen MR) is 115 cm³/mol. The summed E-state index contributed by atoms with van der Waals surface area (Å²) in [6, 6.07) is 0. The molecule has 0 aromatic heterocycles. The Labute approximate surface area is 173 Å². The number of ether oxygens (including phenoxy) is 1. The van der Waals surface area contributed by atoms with Gasteiger partial charge in [0, 0.05) is 0 Å². The van der Waals surface area contributed by atoms with Crippen molar-refractivity contribution in [3.8, 4) is 0 Å². The first-order chi connectivity index (χ1) is 13.8. The molecule has 5 heteroatoms. The number of carboxylic acid groups (broad SMARTS) is 1. The zero-order valence-electron chi connectivity index (χ0n) is 18.4. The van der Waals surface area contributed by atoms with E-state index in [0.717, 1.165) is 45.3 Å². The number of hydrogen-bond acceptors (Lipinski definition) is 4. The van der Waals surface area contributed by atoms with Crippen LogP contribution in [0.5, 0.6) is 0 Å². The summed E-state index contributed by atoms with van der Waals surface area (Å²) in [7, 11) is 0. The molecule has 0 aromatic rings. The van der Waals surface area contributed by atoms with Gasteiger partial charge in [-0.25, -0.2) is 14.6 Å². The molecule has 0 radical (unpaired) electrons. The van der Waals surface area contributed by atoms with Crippen LogP contribution in [0, 0.1) is 0 Å². The maximum atomic E-state index is 10.2. The Hall–Kier alpha value is -0.810. The highest BCUT2D eigenvalue weighted by Gasteiger charge is 1.97. The van der Waals surface area contributed by atoms with Crippen molar-refractivity contribution in [1.29, 1.82) is 0 Å². The molecule has 0 saturated heterocycles. The van der Waals surface area contributed by atoms with Crippen LogP contribution in [0.2, 0.25) is 0 Å². The molecule has 0 heterocycles. The van der Waals surface area contributed by atoms with Gasteiger partial charge in [-0.3, -0.25) is 0 Å². The van der Waals surface area contributed by atoms with Crippen molar-refractivity contribution >= 4 is 6.16 Å². The van der Waals surface area contributed by atoms with Gasteiger partial charge >= 0.3 is 6.16 Å². The van der Waals surface area contributed by atoms with Crippen LogP contribution >= 0.6 is 0 Å². The first-order valence-electron chi connectivity index (χ1n) is 11.9. The maximum Gasteiger partial charge on any atom is 0.505 e. The van der Waals surface area contributed by atoms with Gasteiger partial charge < -0.3 is 9.84 Å². The smallest absolute Gasteiger partial charge is 0.450 e. The molecule has 0 fully saturated rings. The van der Waals surface area contributed by atoms with Gasteiger partial charge in [-0.15, -0.1) is 0 Å². The van der Waals surface area contributed by atoms with E-state index in [0.29, 0.717) is 6.61 Å². The van der Waals surface area contributed by atoms with E-state index in [1.807, 2.05) is 0 Å². The molecule has 28 heavy (non-hydrogen) atoms. The molecule has 0 saturated carbocycles. The van der Waals surface area contributed by atoms with Crippen molar-refractivity contribution in [3.63, 3.8) is 0 Å². The summed E-state index contributed by atoms with van der Waals surface area (Å²) < 4.78 is 4.49. The molecule has 0 atom stereocenters. The first kappa shape index (κ1) is 27.2. The van der Waals surface area contributed by atoms with E-state index in [1.165, 1.54) is 83.5 Å². The standard InChI is InChI=1S/C23H46O5/c1-2-3-21-27-28-22-19-17-15-13-11-9-7-5-4-6-8-10-12-14-16-18-20-26-23(24)25/h2-22H2,1H3,(H,24,25). The summed E-state index contributed by atoms with van der Waals surface area (Å²) in [5.74, 6) is 0. The van der Waals surface area contributed by atoms with Crippen LogP contribution in [-0.4, -0.2) is 31.1 Å². The highest BCUT2D eigenvalue weighted by molar-refractivity contribution is 5.56. The zero-order chi connectivity index (χ0) is 20.5. The summed E-state index contributed by atoms with van der Waals surface area (Å²) in [4.78, 5) is 20.4. The monoisotopic (exact) mass is 402 g/mol. The number of rotatable bonds is 23. The second kappa shape index (κ2) is 24.2. The van der Waals surface area contributed by atoms with Crippen LogP contribution in [0.1, 0.15) is 122 Å². The topological polar surface area (TPSA) is 65.0 Å². The summed E-state index contributed by atoms with van der Waals surface area (Å²) in [5, 5.41) is 8.35. The van der Waals surface area contributed by atoms with E-state index in [1.54, 1.807) is 0 Å². The van der Waals surface area contributed by atoms with Gasteiger partial charge in [0.1, 0.15) is 0 Å². The summed E-state index contributed by atoms with van der Waals surface area (Å²) in [5.41, 5.74) is 0. The van der Waals surface area contributed by atoms with Crippen LogP contribution in [0.25, 0.3) is 0 Å². The molecule has 1 N–H and O–H groups in total. The average Bonchev–Trinajstić information content (AvgIpc) is 2.68. The fraction of sp³-hybridized carbons (Fsp3) is 0.957. The Bertz CT molecular complexity index is 309. The van der Waals surface area contributed by atoms with Crippen molar-refractivity contribution in [1.82, 2.24) is 0 Å². The quantitative estimate of drug-likeness (QED) is 0.0822. The minimum absolute atomic E-state index is 0.345. The zero-order valence-corrected chi connectivity index (χ0v) is 18.4. The second-order valence-electron chi connectivity index (χ2n) is 7.77. The van der Waals surface area contributed by atoms with Crippen LogP contribution < -0.4 is 0 Å². The molecule has 0 aliphatic rings. The predicted octanol–water partition coefficient (Wildman–Crippen LogP) is 7.67. The average molecular weight is 403 g/mol. The third-order valence-electron chi connectivity index (χ3n) is 5.01. The lowest BCUT2D eigenvalue weighted by Crippen LogP contribution is -2.01. The summed E-state index contributed by atoms with van der Waals surface area (Å²) in [6.07, 6.45) is 21.4. The third-order valence-corrected chi connectivity index (χ3v) is 5.01. The van der Waals surface area contributed by atoms with Crippen molar-refractivity contribution < 1.29 is 24.4 Å². The lowest BCUT2D eigenvalue weighted by Gasteiger charge is -2.04. The van der Waals surface area contributed by atoms with E-state index >= 15 is 0 Å². The highest BCUT2D eigenvalue weighted by atomic mass is 17.2. The molecule has 0 bridgehead atoms. The van der Waals surface area contributed by atoms with Gasteiger partial charge in [0.05, 0.1) is 19.8 Å². The Kier molecular flexibility index (Phi) is 23.5. The summed E-state index contributed by atoms with van der Waals surface area (Å²) >= 11 is 0.